The van der Waals surface area contributed by atoms with Crippen LogP contribution in [0.15, 0.2) is 47.1 Å². The molecule has 2 aromatic carbocycles. The number of aliphatic imine (C=N–C) groups is 1. The van der Waals surface area contributed by atoms with Crippen LogP contribution < -0.4 is 4.74 Å². The molecule has 0 saturated heterocycles. The van der Waals surface area contributed by atoms with E-state index in [2.05, 4.69) is 77.9 Å². The summed E-state index contributed by atoms with van der Waals surface area (Å²) >= 11 is 4.53. The summed E-state index contributed by atoms with van der Waals surface area (Å²) in [5.74, 6) is 1.24. The Morgan fingerprint density at radius 2 is 1.72 bits per heavy atom. The lowest BCUT2D eigenvalue weighted by Gasteiger charge is -2.16. The van der Waals surface area contributed by atoms with E-state index < -0.39 is 5.97 Å². The number of rotatable bonds is 6. The SMILES string of the molecule is CCC(C)Oc1c(I)cc(/C=C2\N=C(c3ccc(C(C)C)cc3)OC2=O)cc1I. The number of hydrogen-bond acceptors (Lipinski definition) is 4. The number of hydrogen-bond donors (Lipinski definition) is 0. The van der Waals surface area contributed by atoms with E-state index in [0.29, 0.717) is 17.5 Å². The van der Waals surface area contributed by atoms with Crippen LogP contribution in [0.2, 0.25) is 0 Å². The molecule has 1 atom stereocenters. The van der Waals surface area contributed by atoms with Gasteiger partial charge in [-0.15, -0.1) is 0 Å². The summed E-state index contributed by atoms with van der Waals surface area (Å²) in [4.78, 5) is 16.7. The first-order valence-corrected chi connectivity index (χ1v) is 11.7. The first-order valence-electron chi connectivity index (χ1n) is 9.57. The standard InChI is InChI=1S/C23H23I2NO3/c1-5-14(4)28-21-18(24)10-15(11-19(21)25)12-20-23(27)29-22(26-20)17-8-6-16(7-9-17)13(2)3/h6-14H,5H2,1-4H3/b20-12-. The summed E-state index contributed by atoms with van der Waals surface area (Å²) in [6, 6.07) is 11.9. The largest absolute Gasteiger partial charge is 0.489 e. The normalized spacial score (nSPS) is 16.2. The summed E-state index contributed by atoms with van der Waals surface area (Å²) in [7, 11) is 0. The Kier molecular flexibility index (Phi) is 7.37. The highest BCUT2D eigenvalue weighted by molar-refractivity contribution is 14.1. The minimum Gasteiger partial charge on any atom is -0.489 e. The van der Waals surface area contributed by atoms with Crippen LogP contribution in [0.25, 0.3) is 6.08 Å². The molecule has 1 aliphatic rings. The van der Waals surface area contributed by atoms with Gasteiger partial charge in [0.25, 0.3) is 0 Å². The second kappa shape index (κ2) is 9.59. The molecule has 4 nitrogen and oxygen atoms in total. The molecule has 1 aliphatic heterocycles. The molecular weight excluding hydrogens is 592 g/mol. The smallest absolute Gasteiger partial charge is 0.363 e. The van der Waals surface area contributed by atoms with Crippen LogP contribution in [-0.4, -0.2) is 18.0 Å². The second-order valence-corrected chi connectivity index (χ2v) is 9.59. The fourth-order valence-corrected chi connectivity index (χ4v) is 4.83. The van der Waals surface area contributed by atoms with Crippen LogP contribution >= 0.6 is 45.2 Å². The molecule has 6 heteroatoms. The monoisotopic (exact) mass is 615 g/mol. The number of cyclic esters (lactones) is 1. The van der Waals surface area contributed by atoms with Crippen LogP contribution in [0.3, 0.4) is 0 Å². The molecule has 3 rings (SSSR count). The van der Waals surface area contributed by atoms with Crippen molar-refractivity contribution in [3.63, 3.8) is 0 Å². The lowest BCUT2D eigenvalue weighted by atomic mass is 10.0. The lowest BCUT2D eigenvalue weighted by Crippen LogP contribution is -2.11. The van der Waals surface area contributed by atoms with Gasteiger partial charge in [0.1, 0.15) is 5.75 Å². The molecule has 0 N–H and O–H groups in total. The van der Waals surface area contributed by atoms with Gasteiger partial charge in [-0.1, -0.05) is 32.9 Å². The summed E-state index contributed by atoms with van der Waals surface area (Å²) in [5.41, 5.74) is 3.23. The van der Waals surface area contributed by atoms with Crippen molar-refractivity contribution in [1.82, 2.24) is 0 Å². The van der Waals surface area contributed by atoms with Crippen LogP contribution in [0, 0.1) is 7.14 Å². The first-order chi connectivity index (χ1) is 13.8. The van der Waals surface area contributed by atoms with Gasteiger partial charge >= 0.3 is 5.97 Å². The summed E-state index contributed by atoms with van der Waals surface area (Å²) in [6.45, 7) is 8.44. The number of carbonyl (C=O) groups is 1. The van der Waals surface area contributed by atoms with Gasteiger partial charge in [-0.3, -0.25) is 0 Å². The van der Waals surface area contributed by atoms with Gasteiger partial charge in [-0.2, -0.15) is 0 Å². The number of ether oxygens (including phenoxy) is 2. The third-order valence-corrected chi connectivity index (χ3v) is 6.27. The Balaban J connectivity index is 1.87. The predicted octanol–water partition coefficient (Wildman–Crippen LogP) is 6.54. The van der Waals surface area contributed by atoms with E-state index in [0.717, 1.165) is 30.4 Å². The van der Waals surface area contributed by atoms with Crippen molar-refractivity contribution in [3.8, 4) is 5.75 Å². The van der Waals surface area contributed by atoms with Gasteiger partial charge in [0, 0.05) is 5.56 Å². The van der Waals surface area contributed by atoms with E-state index in [1.807, 2.05) is 36.4 Å². The Hall–Kier alpha value is -1.42. The van der Waals surface area contributed by atoms with E-state index in [9.17, 15) is 4.79 Å². The van der Waals surface area contributed by atoms with Crippen molar-refractivity contribution in [3.05, 3.63) is 65.9 Å². The molecule has 0 bridgehead atoms. The molecule has 1 heterocycles. The highest BCUT2D eigenvalue weighted by Gasteiger charge is 2.24. The molecule has 0 aromatic heterocycles. The van der Waals surface area contributed by atoms with E-state index in [1.165, 1.54) is 5.56 Å². The van der Waals surface area contributed by atoms with Gasteiger partial charge < -0.3 is 9.47 Å². The van der Waals surface area contributed by atoms with Crippen molar-refractivity contribution >= 4 is 63.1 Å². The molecular formula is C23H23I2NO3. The third kappa shape index (κ3) is 5.39. The molecule has 0 aliphatic carbocycles. The highest BCUT2D eigenvalue weighted by atomic mass is 127. The maximum absolute atomic E-state index is 12.3. The average molecular weight is 615 g/mol. The van der Waals surface area contributed by atoms with Crippen LogP contribution in [0.5, 0.6) is 5.75 Å². The maximum atomic E-state index is 12.3. The number of benzene rings is 2. The molecule has 0 fully saturated rings. The van der Waals surface area contributed by atoms with Crippen LogP contribution in [0.1, 0.15) is 56.7 Å². The quantitative estimate of drug-likeness (QED) is 0.211. The van der Waals surface area contributed by atoms with E-state index in [1.54, 1.807) is 6.08 Å². The van der Waals surface area contributed by atoms with Gasteiger partial charge in [0.2, 0.25) is 5.90 Å². The molecule has 152 valence electrons. The average Bonchev–Trinajstić information content (AvgIpc) is 3.05. The topological polar surface area (TPSA) is 47.9 Å². The molecule has 0 radical (unpaired) electrons. The molecule has 0 saturated carbocycles. The zero-order valence-electron chi connectivity index (χ0n) is 16.8. The summed E-state index contributed by atoms with van der Waals surface area (Å²) in [6.07, 6.45) is 2.86. The van der Waals surface area contributed by atoms with E-state index in [4.69, 9.17) is 9.47 Å². The fraction of sp³-hybridized carbons (Fsp3) is 0.304. The minimum absolute atomic E-state index is 0.153. The van der Waals surface area contributed by atoms with Gasteiger partial charge in [-0.05, 0) is 106 Å². The number of esters is 1. The first kappa shape index (κ1) is 22.3. The Labute approximate surface area is 199 Å². The van der Waals surface area contributed by atoms with Crippen LogP contribution in [-0.2, 0) is 9.53 Å². The predicted molar refractivity (Wildman–Crippen MR) is 133 cm³/mol. The van der Waals surface area contributed by atoms with Crippen molar-refractivity contribution in [2.24, 2.45) is 4.99 Å². The van der Waals surface area contributed by atoms with Gasteiger partial charge in [0.15, 0.2) is 5.70 Å². The fourth-order valence-electron chi connectivity index (χ4n) is 2.76. The zero-order valence-corrected chi connectivity index (χ0v) is 21.1. The minimum atomic E-state index is -0.433. The summed E-state index contributed by atoms with van der Waals surface area (Å²) in [5, 5.41) is 0. The summed E-state index contributed by atoms with van der Waals surface area (Å²) < 4.78 is 13.4. The number of nitrogens with zero attached hydrogens (tertiary/aromatic N) is 1. The molecule has 0 spiro atoms. The van der Waals surface area contributed by atoms with E-state index >= 15 is 0 Å². The number of carbonyl (C=O) groups excluding carboxylic acids is 1. The number of halogens is 2. The maximum Gasteiger partial charge on any atom is 0.363 e. The third-order valence-electron chi connectivity index (χ3n) is 4.66. The highest BCUT2D eigenvalue weighted by Crippen LogP contribution is 2.31. The second-order valence-electron chi connectivity index (χ2n) is 7.26. The van der Waals surface area contributed by atoms with E-state index in [-0.39, 0.29) is 6.10 Å². The molecule has 0 amide bonds. The Morgan fingerprint density at radius 1 is 1.10 bits per heavy atom. The van der Waals surface area contributed by atoms with Gasteiger partial charge in [0.05, 0.1) is 13.2 Å². The van der Waals surface area contributed by atoms with Crippen molar-refractivity contribution in [2.45, 2.75) is 46.1 Å². The Morgan fingerprint density at radius 3 is 2.28 bits per heavy atom. The lowest BCUT2D eigenvalue weighted by molar-refractivity contribution is -0.129. The molecule has 1 unspecified atom stereocenters. The van der Waals surface area contributed by atoms with Crippen molar-refractivity contribution in [1.29, 1.82) is 0 Å². The Bertz CT molecular complexity index is 955. The zero-order chi connectivity index (χ0) is 21.1. The van der Waals surface area contributed by atoms with Crippen molar-refractivity contribution in [2.75, 3.05) is 0 Å². The van der Waals surface area contributed by atoms with Crippen LogP contribution in [0.4, 0.5) is 0 Å². The van der Waals surface area contributed by atoms with Crippen molar-refractivity contribution < 1.29 is 14.3 Å². The van der Waals surface area contributed by atoms with Gasteiger partial charge in [-0.25, -0.2) is 9.79 Å². The molecule has 2 aromatic rings. The molecule has 29 heavy (non-hydrogen) atoms.